The summed E-state index contributed by atoms with van der Waals surface area (Å²) >= 11 is 0. The van der Waals surface area contributed by atoms with Gasteiger partial charge in [0.1, 0.15) is 17.6 Å². The molecule has 0 fully saturated rings. The second-order valence-electron chi connectivity index (χ2n) is 2.52. The second-order valence-corrected chi connectivity index (χ2v) is 2.52. The van der Waals surface area contributed by atoms with E-state index in [0.29, 0.717) is 5.56 Å². The van der Waals surface area contributed by atoms with Crippen molar-refractivity contribution < 1.29 is 15.1 Å². The maximum absolute atomic E-state index is 9.30. The van der Waals surface area contributed by atoms with Gasteiger partial charge in [0.05, 0.1) is 0 Å². The molecule has 0 amide bonds. The lowest BCUT2D eigenvalue weighted by molar-refractivity contribution is 0.0646. The van der Waals surface area contributed by atoms with Crippen LogP contribution in [0, 0.1) is 0 Å². The minimum Gasteiger partial charge on any atom is -0.508 e. The highest BCUT2D eigenvalue weighted by Crippen LogP contribution is 2.28. The highest BCUT2D eigenvalue weighted by molar-refractivity contribution is 5.39. The quantitative estimate of drug-likeness (QED) is 0.578. The number of aromatic hydroxyl groups is 2. The zero-order valence-electron chi connectivity index (χ0n) is 6.69. The molecule has 4 heteroatoms. The summed E-state index contributed by atoms with van der Waals surface area (Å²) in [5, 5.41) is 18.3. The molecule has 0 aromatic heterocycles. The van der Waals surface area contributed by atoms with Crippen molar-refractivity contribution in [2.24, 2.45) is 5.90 Å². The maximum Gasteiger partial charge on any atom is 0.125 e. The molecular weight excluding hydrogens is 158 g/mol. The fourth-order valence-corrected chi connectivity index (χ4v) is 0.949. The van der Waals surface area contributed by atoms with Crippen LogP contribution in [0.3, 0.4) is 0 Å². The van der Waals surface area contributed by atoms with Gasteiger partial charge in [-0.25, -0.2) is 5.90 Å². The summed E-state index contributed by atoms with van der Waals surface area (Å²) in [4.78, 5) is 4.52. The minimum atomic E-state index is -0.384. The average molecular weight is 169 g/mol. The Labute approximate surface area is 70.2 Å². The van der Waals surface area contributed by atoms with Crippen LogP contribution in [0.1, 0.15) is 18.6 Å². The van der Waals surface area contributed by atoms with Gasteiger partial charge in [0.15, 0.2) is 0 Å². The maximum atomic E-state index is 9.30. The Morgan fingerprint density at radius 1 is 1.42 bits per heavy atom. The van der Waals surface area contributed by atoms with Crippen molar-refractivity contribution >= 4 is 0 Å². The molecule has 4 nitrogen and oxygen atoms in total. The summed E-state index contributed by atoms with van der Waals surface area (Å²) in [6.07, 6.45) is -0.384. The average Bonchev–Trinajstić information content (AvgIpc) is 2.03. The van der Waals surface area contributed by atoms with Crippen LogP contribution in [0.2, 0.25) is 0 Å². The van der Waals surface area contributed by atoms with Gasteiger partial charge in [0.2, 0.25) is 0 Å². The topological polar surface area (TPSA) is 75.7 Å². The van der Waals surface area contributed by atoms with E-state index in [1.807, 2.05) is 0 Å². The van der Waals surface area contributed by atoms with E-state index in [2.05, 4.69) is 4.84 Å². The van der Waals surface area contributed by atoms with Crippen molar-refractivity contribution in [2.45, 2.75) is 13.0 Å². The third-order valence-corrected chi connectivity index (χ3v) is 1.66. The van der Waals surface area contributed by atoms with Crippen LogP contribution in [0.5, 0.6) is 11.5 Å². The molecule has 1 aromatic carbocycles. The van der Waals surface area contributed by atoms with E-state index in [-0.39, 0.29) is 17.6 Å². The van der Waals surface area contributed by atoms with E-state index in [1.54, 1.807) is 13.0 Å². The third-order valence-electron chi connectivity index (χ3n) is 1.66. The van der Waals surface area contributed by atoms with Crippen LogP contribution in [0.25, 0.3) is 0 Å². The summed E-state index contributed by atoms with van der Waals surface area (Å²) in [5.74, 6) is 4.93. The zero-order valence-corrected chi connectivity index (χ0v) is 6.69. The molecule has 0 saturated carbocycles. The molecule has 0 radical (unpaired) electrons. The summed E-state index contributed by atoms with van der Waals surface area (Å²) in [6.45, 7) is 1.70. The van der Waals surface area contributed by atoms with Gasteiger partial charge in [-0.1, -0.05) is 0 Å². The molecule has 1 aromatic rings. The van der Waals surface area contributed by atoms with Crippen molar-refractivity contribution in [1.82, 2.24) is 0 Å². The van der Waals surface area contributed by atoms with Crippen LogP contribution in [0.4, 0.5) is 0 Å². The van der Waals surface area contributed by atoms with Gasteiger partial charge in [-0.05, 0) is 19.1 Å². The van der Waals surface area contributed by atoms with Crippen molar-refractivity contribution in [3.63, 3.8) is 0 Å². The number of phenols is 2. The van der Waals surface area contributed by atoms with Crippen molar-refractivity contribution in [3.8, 4) is 11.5 Å². The number of hydrogen-bond acceptors (Lipinski definition) is 4. The van der Waals surface area contributed by atoms with Crippen LogP contribution in [-0.2, 0) is 4.84 Å². The van der Waals surface area contributed by atoms with Gasteiger partial charge in [0, 0.05) is 11.6 Å². The summed E-state index contributed by atoms with van der Waals surface area (Å²) < 4.78 is 0. The minimum absolute atomic E-state index is 0.0143. The normalized spacial score (nSPS) is 12.8. The van der Waals surface area contributed by atoms with E-state index in [9.17, 15) is 5.11 Å². The Morgan fingerprint density at radius 2 is 2.08 bits per heavy atom. The lowest BCUT2D eigenvalue weighted by Crippen LogP contribution is -2.05. The molecule has 0 heterocycles. The van der Waals surface area contributed by atoms with E-state index in [4.69, 9.17) is 11.0 Å². The smallest absolute Gasteiger partial charge is 0.125 e. The SMILES string of the molecule is CC(ON)c1ccc(O)cc1O. The first-order valence-corrected chi connectivity index (χ1v) is 3.52. The molecule has 66 valence electrons. The van der Waals surface area contributed by atoms with E-state index in [1.165, 1.54) is 12.1 Å². The van der Waals surface area contributed by atoms with Crippen LogP contribution >= 0.6 is 0 Å². The van der Waals surface area contributed by atoms with Gasteiger partial charge < -0.3 is 10.2 Å². The molecule has 1 unspecified atom stereocenters. The Bertz CT molecular complexity index is 275. The molecular formula is C8H11NO3. The van der Waals surface area contributed by atoms with Gasteiger partial charge >= 0.3 is 0 Å². The predicted octanol–water partition coefficient (Wildman–Crippen LogP) is 1.05. The molecule has 0 saturated heterocycles. The zero-order chi connectivity index (χ0) is 9.14. The Morgan fingerprint density at radius 3 is 2.58 bits per heavy atom. The highest BCUT2D eigenvalue weighted by Gasteiger charge is 2.09. The first-order chi connectivity index (χ1) is 5.65. The van der Waals surface area contributed by atoms with E-state index < -0.39 is 0 Å². The van der Waals surface area contributed by atoms with Gasteiger partial charge in [0.25, 0.3) is 0 Å². The first-order valence-electron chi connectivity index (χ1n) is 3.52. The number of phenolic OH excluding ortho intramolecular Hbond substituents is 2. The molecule has 0 aliphatic carbocycles. The molecule has 1 atom stereocenters. The lowest BCUT2D eigenvalue weighted by Gasteiger charge is -2.10. The summed E-state index contributed by atoms with van der Waals surface area (Å²) in [6, 6.07) is 4.26. The Kier molecular flexibility index (Phi) is 2.52. The number of benzene rings is 1. The van der Waals surface area contributed by atoms with Crippen molar-refractivity contribution in [3.05, 3.63) is 23.8 Å². The largest absolute Gasteiger partial charge is 0.508 e. The second kappa shape index (κ2) is 3.42. The molecule has 12 heavy (non-hydrogen) atoms. The molecule has 0 bridgehead atoms. The van der Waals surface area contributed by atoms with Gasteiger partial charge in [-0.2, -0.15) is 0 Å². The fraction of sp³-hybridized carbons (Fsp3) is 0.250. The first kappa shape index (κ1) is 8.83. The number of nitrogens with two attached hydrogens (primary N) is 1. The molecule has 0 aliphatic rings. The standard InChI is InChI=1S/C8H11NO3/c1-5(12-9)7-3-2-6(10)4-8(7)11/h2-5,10-11H,9H2,1H3. The molecule has 0 spiro atoms. The third kappa shape index (κ3) is 1.66. The van der Waals surface area contributed by atoms with Gasteiger partial charge in [-0.3, -0.25) is 4.84 Å². The van der Waals surface area contributed by atoms with E-state index >= 15 is 0 Å². The van der Waals surface area contributed by atoms with Crippen LogP contribution < -0.4 is 5.90 Å². The Balaban J connectivity index is 3.01. The lowest BCUT2D eigenvalue weighted by atomic mass is 10.1. The highest BCUT2D eigenvalue weighted by atomic mass is 16.6. The van der Waals surface area contributed by atoms with Crippen molar-refractivity contribution in [2.75, 3.05) is 0 Å². The predicted molar refractivity (Wildman–Crippen MR) is 43.5 cm³/mol. The van der Waals surface area contributed by atoms with Crippen LogP contribution in [-0.4, -0.2) is 10.2 Å². The molecule has 1 rings (SSSR count). The molecule has 4 N–H and O–H groups in total. The van der Waals surface area contributed by atoms with Gasteiger partial charge in [-0.15, -0.1) is 0 Å². The monoisotopic (exact) mass is 169 g/mol. The van der Waals surface area contributed by atoms with E-state index in [0.717, 1.165) is 0 Å². The number of rotatable bonds is 2. The fourth-order valence-electron chi connectivity index (χ4n) is 0.949. The van der Waals surface area contributed by atoms with Crippen LogP contribution in [0.15, 0.2) is 18.2 Å². The molecule has 0 aliphatic heterocycles. The Hall–Kier alpha value is -1.26. The summed E-state index contributed by atoms with van der Waals surface area (Å²) in [5.41, 5.74) is 0.551. The summed E-state index contributed by atoms with van der Waals surface area (Å²) in [7, 11) is 0. The van der Waals surface area contributed by atoms with Crippen molar-refractivity contribution in [1.29, 1.82) is 0 Å². The number of hydrogen-bond donors (Lipinski definition) is 3.